The summed E-state index contributed by atoms with van der Waals surface area (Å²) in [6.07, 6.45) is 1.52. The molecule has 0 atom stereocenters. The lowest BCUT2D eigenvalue weighted by atomic mass is 10.2. The molecule has 0 radical (unpaired) electrons. The summed E-state index contributed by atoms with van der Waals surface area (Å²) < 4.78 is 26.3. The minimum atomic E-state index is -3.51. The van der Waals surface area contributed by atoms with Crippen molar-refractivity contribution < 1.29 is 8.42 Å². The maximum Gasteiger partial charge on any atom is 0.242 e. The van der Waals surface area contributed by atoms with Gasteiger partial charge in [-0.2, -0.15) is 0 Å². The number of hydrogen-bond acceptors (Lipinski definition) is 3. The van der Waals surface area contributed by atoms with Gasteiger partial charge in [0.2, 0.25) is 10.0 Å². The standard InChI is InChI=1S/C11H17ClN2O2S/c1-9-4-5-11(10(12)8-9)17(15,16)14-7-3-2-6-13/h4-5,8,14H,2-3,6-7,13H2,1H3. The molecule has 1 aromatic carbocycles. The Labute approximate surface area is 107 Å². The van der Waals surface area contributed by atoms with E-state index in [1.54, 1.807) is 12.1 Å². The van der Waals surface area contributed by atoms with E-state index in [0.717, 1.165) is 18.4 Å². The first-order valence-electron chi connectivity index (χ1n) is 5.43. The van der Waals surface area contributed by atoms with Gasteiger partial charge in [-0.05, 0) is 44.0 Å². The largest absolute Gasteiger partial charge is 0.330 e. The molecule has 0 unspecified atom stereocenters. The maximum atomic E-state index is 11.9. The van der Waals surface area contributed by atoms with E-state index in [1.165, 1.54) is 6.07 Å². The van der Waals surface area contributed by atoms with E-state index in [9.17, 15) is 8.42 Å². The number of benzene rings is 1. The van der Waals surface area contributed by atoms with Crippen LogP contribution >= 0.6 is 11.6 Å². The van der Waals surface area contributed by atoms with Gasteiger partial charge in [-0.1, -0.05) is 17.7 Å². The Bertz CT molecular complexity index is 474. The van der Waals surface area contributed by atoms with Gasteiger partial charge in [0, 0.05) is 6.54 Å². The van der Waals surface area contributed by atoms with Gasteiger partial charge in [-0.15, -0.1) is 0 Å². The summed E-state index contributed by atoms with van der Waals surface area (Å²) in [7, 11) is -3.51. The van der Waals surface area contributed by atoms with Crippen LogP contribution in [0, 0.1) is 6.92 Å². The quantitative estimate of drug-likeness (QED) is 0.776. The van der Waals surface area contributed by atoms with Crippen molar-refractivity contribution in [2.75, 3.05) is 13.1 Å². The first-order valence-corrected chi connectivity index (χ1v) is 7.29. The average Bonchev–Trinajstić information content (AvgIpc) is 2.24. The summed E-state index contributed by atoms with van der Waals surface area (Å²) in [5, 5.41) is 0.247. The molecule has 0 fully saturated rings. The molecule has 1 rings (SSSR count). The van der Waals surface area contributed by atoms with E-state index in [2.05, 4.69) is 4.72 Å². The van der Waals surface area contributed by atoms with Crippen LogP contribution in [0.25, 0.3) is 0 Å². The molecule has 0 aromatic heterocycles. The fraction of sp³-hybridized carbons (Fsp3) is 0.455. The molecule has 17 heavy (non-hydrogen) atoms. The summed E-state index contributed by atoms with van der Waals surface area (Å²) in [5.41, 5.74) is 6.26. The SMILES string of the molecule is Cc1ccc(S(=O)(=O)NCCCCN)c(Cl)c1. The predicted molar refractivity (Wildman–Crippen MR) is 69.7 cm³/mol. The Hall–Kier alpha value is -0.620. The van der Waals surface area contributed by atoms with Crippen LogP contribution in [0.15, 0.2) is 23.1 Å². The highest BCUT2D eigenvalue weighted by molar-refractivity contribution is 7.89. The third kappa shape index (κ3) is 4.27. The van der Waals surface area contributed by atoms with E-state index in [0.29, 0.717) is 13.1 Å². The summed E-state index contributed by atoms with van der Waals surface area (Å²) in [5.74, 6) is 0. The minimum Gasteiger partial charge on any atom is -0.330 e. The molecule has 3 N–H and O–H groups in total. The summed E-state index contributed by atoms with van der Waals surface area (Å²) in [4.78, 5) is 0.123. The Balaban J connectivity index is 2.76. The van der Waals surface area contributed by atoms with E-state index in [4.69, 9.17) is 17.3 Å². The Morgan fingerprint density at radius 1 is 1.35 bits per heavy atom. The van der Waals surface area contributed by atoms with Crippen molar-refractivity contribution in [3.05, 3.63) is 28.8 Å². The van der Waals surface area contributed by atoms with Gasteiger partial charge in [0.25, 0.3) is 0 Å². The second-order valence-corrected chi connectivity index (χ2v) is 5.97. The lowest BCUT2D eigenvalue weighted by molar-refractivity contribution is 0.577. The zero-order valence-electron chi connectivity index (χ0n) is 9.74. The lowest BCUT2D eigenvalue weighted by Gasteiger charge is -2.08. The third-order valence-corrected chi connectivity index (χ3v) is 4.24. The van der Waals surface area contributed by atoms with Gasteiger partial charge in [-0.3, -0.25) is 0 Å². The lowest BCUT2D eigenvalue weighted by Crippen LogP contribution is -2.25. The van der Waals surface area contributed by atoms with Crippen molar-refractivity contribution >= 4 is 21.6 Å². The van der Waals surface area contributed by atoms with E-state index >= 15 is 0 Å². The molecule has 0 aliphatic heterocycles. The molecule has 0 aliphatic rings. The molecule has 0 heterocycles. The maximum absolute atomic E-state index is 11.9. The third-order valence-electron chi connectivity index (χ3n) is 2.30. The zero-order chi connectivity index (χ0) is 12.9. The molecule has 6 heteroatoms. The average molecular weight is 277 g/mol. The van der Waals surface area contributed by atoms with E-state index in [-0.39, 0.29) is 9.92 Å². The molecule has 0 bridgehead atoms. The van der Waals surface area contributed by atoms with Crippen LogP contribution in [0.3, 0.4) is 0 Å². The van der Waals surface area contributed by atoms with Gasteiger partial charge >= 0.3 is 0 Å². The van der Waals surface area contributed by atoms with Crippen LogP contribution in [0.4, 0.5) is 0 Å². The van der Waals surface area contributed by atoms with E-state index in [1.807, 2.05) is 6.92 Å². The fourth-order valence-electron chi connectivity index (χ4n) is 1.38. The van der Waals surface area contributed by atoms with Crippen molar-refractivity contribution in [1.82, 2.24) is 4.72 Å². The van der Waals surface area contributed by atoms with Gasteiger partial charge < -0.3 is 5.73 Å². The van der Waals surface area contributed by atoms with Gasteiger partial charge in [0.1, 0.15) is 4.90 Å². The summed E-state index contributed by atoms with van der Waals surface area (Å²) in [6, 6.07) is 4.87. The van der Waals surface area contributed by atoms with Crippen LogP contribution in [0.2, 0.25) is 5.02 Å². The van der Waals surface area contributed by atoms with Crippen molar-refractivity contribution in [2.45, 2.75) is 24.7 Å². The Morgan fingerprint density at radius 3 is 2.65 bits per heavy atom. The Morgan fingerprint density at radius 2 is 2.06 bits per heavy atom. The smallest absolute Gasteiger partial charge is 0.242 e. The molecule has 0 saturated carbocycles. The van der Waals surface area contributed by atoms with Crippen molar-refractivity contribution in [3.63, 3.8) is 0 Å². The van der Waals surface area contributed by atoms with Crippen LogP contribution in [-0.2, 0) is 10.0 Å². The first-order chi connectivity index (χ1) is 7.97. The van der Waals surface area contributed by atoms with Crippen LogP contribution in [0.1, 0.15) is 18.4 Å². The van der Waals surface area contributed by atoms with E-state index < -0.39 is 10.0 Å². The number of rotatable bonds is 6. The number of halogens is 1. The van der Waals surface area contributed by atoms with Crippen molar-refractivity contribution in [2.24, 2.45) is 5.73 Å². The van der Waals surface area contributed by atoms with Crippen LogP contribution < -0.4 is 10.5 Å². The normalized spacial score (nSPS) is 11.7. The van der Waals surface area contributed by atoms with Gasteiger partial charge in [-0.25, -0.2) is 13.1 Å². The molecule has 0 amide bonds. The molecule has 4 nitrogen and oxygen atoms in total. The van der Waals surface area contributed by atoms with Gasteiger partial charge in [0.05, 0.1) is 5.02 Å². The van der Waals surface area contributed by atoms with Crippen molar-refractivity contribution in [1.29, 1.82) is 0 Å². The molecule has 0 spiro atoms. The van der Waals surface area contributed by atoms with Crippen LogP contribution in [-0.4, -0.2) is 21.5 Å². The highest BCUT2D eigenvalue weighted by atomic mass is 35.5. The molecular weight excluding hydrogens is 260 g/mol. The molecule has 0 saturated heterocycles. The summed E-state index contributed by atoms with van der Waals surface area (Å²) in [6.45, 7) is 2.80. The number of nitrogens with two attached hydrogens (primary N) is 1. The molecule has 96 valence electrons. The van der Waals surface area contributed by atoms with Gasteiger partial charge in [0.15, 0.2) is 0 Å². The second kappa shape index (κ2) is 6.35. The number of unbranched alkanes of at least 4 members (excludes halogenated alkanes) is 1. The highest BCUT2D eigenvalue weighted by Gasteiger charge is 2.16. The Kier molecular flexibility index (Phi) is 5.39. The number of nitrogens with one attached hydrogen (secondary N) is 1. The number of hydrogen-bond donors (Lipinski definition) is 2. The molecule has 0 aliphatic carbocycles. The first kappa shape index (κ1) is 14.4. The second-order valence-electron chi connectivity index (χ2n) is 3.83. The fourth-order valence-corrected chi connectivity index (χ4v) is 3.05. The van der Waals surface area contributed by atoms with Crippen molar-refractivity contribution in [3.8, 4) is 0 Å². The molecule has 1 aromatic rings. The predicted octanol–water partition coefficient (Wildman–Crippen LogP) is 1.67. The zero-order valence-corrected chi connectivity index (χ0v) is 11.3. The molecular formula is C11H17ClN2O2S. The number of sulfonamides is 1. The number of aryl methyl sites for hydroxylation is 1. The monoisotopic (exact) mass is 276 g/mol. The van der Waals surface area contributed by atoms with Crippen LogP contribution in [0.5, 0.6) is 0 Å². The minimum absolute atomic E-state index is 0.123. The topological polar surface area (TPSA) is 72.2 Å². The highest BCUT2D eigenvalue weighted by Crippen LogP contribution is 2.22. The summed E-state index contributed by atoms with van der Waals surface area (Å²) >= 11 is 5.91.